The third kappa shape index (κ3) is 1.64. The van der Waals surface area contributed by atoms with E-state index in [1.807, 2.05) is 0 Å². The number of rotatable bonds is 1. The predicted molar refractivity (Wildman–Crippen MR) is 41.9 cm³/mol. The number of hydrogen-bond donors (Lipinski definition) is 0. The number of ketones is 1. The Hall–Kier alpha value is -0.700. The molecule has 0 unspecified atom stereocenters. The van der Waals surface area contributed by atoms with Crippen LogP contribution >= 0.6 is 15.9 Å². The SMILES string of the molecule is [2H]c1nc(C(=O)C([2H])([2H])[2H])c([2H])c(Br)c1[2H]. The van der Waals surface area contributed by atoms with E-state index in [4.69, 9.17) is 8.22 Å². The minimum Gasteiger partial charge on any atom is -0.293 e. The van der Waals surface area contributed by atoms with Gasteiger partial charge in [-0.25, -0.2) is 0 Å². The smallest absolute Gasteiger partial charge is 0.178 e. The van der Waals surface area contributed by atoms with Crippen molar-refractivity contribution in [3.63, 3.8) is 0 Å². The van der Waals surface area contributed by atoms with Gasteiger partial charge in [0.05, 0.1) is 4.11 Å². The monoisotopic (exact) mass is 205 g/mol. The minimum absolute atomic E-state index is 0.111. The highest BCUT2D eigenvalue weighted by Gasteiger charge is 1.98. The third-order valence-corrected chi connectivity index (χ3v) is 1.17. The molecule has 0 bridgehead atoms. The van der Waals surface area contributed by atoms with Gasteiger partial charge >= 0.3 is 0 Å². The molecule has 0 aliphatic heterocycles. The van der Waals surface area contributed by atoms with E-state index in [0.717, 1.165) is 0 Å². The summed E-state index contributed by atoms with van der Waals surface area (Å²) in [5.74, 6) is -1.30. The average Bonchev–Trinajstić information content (AvgIpc) is 2.18. The van der Waals surface area contributed by atoms with Crippen LogP contribution in [0.2, 0.25) is 0 Å². The molecule has 1 aromatic heterocycles. The van der Waals surface area contributed by atoms with Crippen molar-refractivity contribution in [2.75, 3.05) is 0 Å². The molecule has 1 rings (SSSR count). The second-order valence-corrected chi connectivity index (χ2v) is 2.26. The number of halogens is 1. The molecule has 0 aliphatic carbocycles. The van der Waals surface area contributed by atoms with E-state index >= 15 is 0 Å². The number of nitrogens with zero attached hydrogens (tertiary/aromatic N) is 1. The number of carbonyl (C=O) groups is 1. The molecule has 0 N–H and O–H groups in total. The Labute approximate surface area is 75.8 Å². The summed E-state index contributed by atoms with van der Waals surface area (Å²) in [4.78, 5) is 14.7. The number of carbonyl (C=O) groups excluding carboxylic acids is 1. The maximum atomic E-state index is 11.4. The largest absolute Gasteiger partial charge is 0.293 e. The van der Waals surface area contributed by atoms with Gasteiger partial charge < -0.3 is 0 Å². The van der Waals surface area contributed by atoms with Crippen LogP contribution in [-0.4, -0.2) is 10.8 Å². The molecule has 0 aromatic carbocycles. The van der Waals surface area contributed by atoms with Crippen molar-refractivity contribution in [3.8, 4) is 0 Å². The first kappa shape index (κ1) is 2.74. The molecule has 0 spiro atoms. The van der Waals surface area contributed by atoms with E-state index in [2.05, 4.69) is 20.9 Å². The Morgan fingerprint density at radius 3 is 3.50 bits per heavy atom. The maximum Gasteiger partial charge on any atom is 0.178 e. The van der Waals surface area contributed by atoms with Gasteiger partial charge in [0.15, 0.2) is 5.78 Å². The maximum absolute atomic E-state index is 11.4. The topological polar surface area (TPSA) is 30.0 Å². The highest BCUT2D eigenvalue weighted by atomic mass is 79.9. The lowest BCUT2D eigenvalue weighted by Gasteiger charge is -1.92. The van der Waals surface area contributed by atoms with E-state index in [9.17, 15) is 4.79 Å². The van der Waals surface area contributed by atoms with Crippen LogP contribution in [0, 0.1) is 0 Å². The Morgan fingerprint density at radius 1 is 2.00 bits per heavy atom. The lowest BCUT2D eigenvalue weighted by atomic mass is 10.3. The summed E-state index contributed by atoms with van der Waals surface area (Å²) in [6.07, 6.45) is -0.546. The molecule has 1 heterocycles. The molecule has 3 heteroatoms. The van der Waals surface area contributed by atoms with Crippen molar-refractivity contribution >= 4 is 21.7 Å². The normalized spacial score (nSPS) is 19.3. The molecule has 0 atom stereocenters. The number of pyridine rings is 1. The first-order chi connectivity index (χ1) is 7.16. The molecule has 0 radical (unpaired) electrons. The highest BCUT2D eigenvalue weighted by molar-refractivity contribution is 9.10. The van der Waals surface area contributed by atoms with Crippen molar-refractivity contribution < 1.29 is 13.0 Å². The fourth-order valence-electron chi connectivity index (χ4n) is 0.404. The van der Waals surface area contributed by atoms with Crippen molar-refractivity contribution in [1.82, 2.24) is 4.98 Å². The van der Waals surface area contributed by atoms with Crippen LogP contribution in [0.25, 0.3) is 0 Å². The summed E-state index contributed by atoms with van der Waals surface area (Å²) < 4.78 is 42.6. The van der Waals surface area contributed by atoms with Crippen LogP contribution < -0.4 is 0 Å². The molecule has 0 aliphatic rings. The van der Waals surface area contributed by atoms with Crippen LogP contribution in [0.15, 0.2) is 22.7 Å². The van der Waals surface area contributed by atoms with E-state index in [0.29, 0.717) is 0 Å². The van der Waals surface area contributed by atoms with Gasteiger partial charge in [-0.2, -0.15) is 0 Å². The van der Waals surface area contributed by atoms with Crippen molar-refractivity contribution in [1.29, 1.82) is 0 Å². The van der Waals surface area contributed by atoms with Gasteiger partial charge in [-0.15, -0.1) is 0 Å². The third-order valence-electron chi connectivity index (χ3n) is 0.777. The van der Waals surface area contributed by atoms with Gasteiger partial charge in [0, 0.05) is 21.6 Å². The predicted octanol–water partition coefficient (Wildman–Crippen LogP) is 2.05. The van der Waals surface area contributed by atoms with Crippen LogP contribution in [0.1, 0.15) is 25.6 Å². The fourth-order valence-corrected chi connectivity index (χ4v) is 0.680. The van der Waals surface area contributed by atoms with Crippen molar-refractivity contribution in [3.05, 3.63) is 28.4 Å². The van der Waals surface area contributed by atoms with Gasteiger partial charge in [0.25, 0.3) is 0 Å². The molecule has 2 nitrogen and oxygen atoms in total. The molecule has 1 aromatic rings. The molecule has 52 valence electrons. The molecule has 0 amide bonds. The summed E-state index contributed by atoms with van der Waals surface area (Å²) in [5.41, 5.74) is -0.618. The number of aromatic nitrogens is 1. The van der Waals surface area contributed by atoms with Gasteiger partial charge in [0.2, 0.25) is 0 Å². The van der Waals surface area contributed by atoms with E-state index in [1.54, 1.807) is 0 Å². The quantitative estimate of drug-likeness (QED) is 0.658. The molecule has 10 heavy (non-hydrogen) atoms. The summed E-state index contributed by atoms with van der Waals surface area (Å²) in [6, 6.07) is -0.839. The second kappa shape index (κ2) is 2.92. The van der Waals surface area contributed by atoms with Crippen LogP contribution in [-0.2, 0) is 0 Å². The summed E-state index contributed by atoms with van der Waals surface area (Å²) in [6.45, 7) is -2.90. The lowest BCUT2D eigenvalue weighted by molar-refractivity contribution is 0.101. The van der Waals surface area contributed by atoms with Crippen molar-refractivity contribution in [2.45, 2.75) is 6.85 Å². The van der Waals surface area contributed by atoms with Gasteiger partial charge in [-0.05, 0) is 12.1 Å². The van der Waals surface area contributed by atoms with Crippen LogP contribution in [0.3, 0.4) is 0 Å². The lowest BCUT2D eigenvalue weighted by Crippen LogP contribution is -1.94. The second-order valence-electron chi connectivity index (χ2n) is 1.47. The first-order valence-electron chi connectivity index (χ1n) is 5.34. The van der Waals surface area contributed by atoms with E-state index in [-0.39, 0.29) is 10.5 Å². The molecular formula is C7H6BrNO. The van der Waals surface area contributed by atoms with E-state index < -0.39 is 30.5 Å². The minimum atomic E-state index is -2.90. The van der Waals surface area contributed by atoms with Crippen molar-refractivity contribution in [2.24, 2.45) is 0 Å². The Balaban J connectivity index is 3.43. The number of Topliss-reactive ketones (excluding diaryl/α,β-unsaturated/α-hetero) is 1. The van der Waals surface area contributed by atoms with Gasteiger partial charge in [-0.1, -0.05) is 15.9 Å². The highest BCUT2D eigenvalue weighted by Crippen LogP contribution is 2.08. The van der Waals surface area contributed by atoms with Gasteiger partial charge in [-0.3, -0.25) is 9.78 Å². The first-order valence-corrected chi connectivity index (χ1v) is 3.13. The Kier molecular flexibility index (Phi) is 0.800. The Morgan fingerprint density at radius 2 is 2.80 bits per heavy atom. The molecular weight excluding hydrogens is 194 g/mol. The summed E-state index contributed by atoms with van der Waals surface area (Å²) in [7, 11) is 0. The summed E-state index contributed by atoms with van der Waals surface area (Å²) in [5, 5.41) is 0. The van der Waals surface area contributed by atoms with Crippen LogP contribution in [0.5, 0.6) is 0 Å². The standard InChI is InChI=1S/C7H6BrNO/c1-5(10)7-4-6(8)2-3-9-7/h2-4H,1H3/i1D3,2D,3D,4D. The number of hydrogen-bond acceptors (Lipinski definition) is 2. The van der Waals surface area contributed by atoms with Gasteiger partial charge in [0.1, 0.15) is 5.69 Å². The Bertz CT molecular complexity index is 457. The van der Waals surface area contributed by atoms with E-state index in [1.165, 1.54) is 0 Å². The molecule has 0 fully saturated rings. The summed E-state index contributed by atoms with van der Waals surface area (Å²) >= 11 is 2.84. The average molecular weight is 206 g/mol. The zero-order valence-electron chi connectivity index (χ0n) is 10.7. The fraction of sp³-hybridized carbons (Fsp3) is 0.143. The molecule has 0 saturated carbocycles. The van der Waals surface area contributed by atoms with Crippen LogP contribution in [0.4, 0.5) is 0 Å². The zero-order valence-corrected chi connectivity index (χ0v) is 6.32. The zero-order chi connectivity index (χ0) is 12.7. The molecule has 0 saturated heterocycles.